The molecule has 0 radical (unpaired) electrons. The maximum absolute atomic E-state index is 10.5. The highest BCUT2D eigenvalue weighted by atomic mass is 16.4. The van der Waals surface area contributed by atoms with Crippen molar-refractivity contribution in [2.75, 3.05) is 0 Å². The summed E-state index contributed by atoms with van der Waals surface area (Å²) in [5.41, 5.74) is 0.983. The van der Waals surface area contributed by atoms with Crippen molar-refractivity contribution in [3.05, 3.63) is 48.0 Å². The van der Waals surface area contributed by atoms with E-state index < -0.39 is 12.1 Å². The fourth-order valence-electron chi connectivity index (χ4n) is 2.00. The highest BCUT2D eigenvalue weighted by molar-refractivity contribution is 5.85. The van der Waals surface area contributed by atoms with Gasteiger partial charge in [0.25, 0.3) is 0 Å². The van der Waals surface area contributed by atoms with Crippen LogP contribution in [0.3, 0.4) is 0 Å². The summed E-state index contributed by atoms with van der Waals surface area (Å²) in [5.74, 6) is -0.974. The molecule has 0 aliphatic carbocycles. The minimum atomic E-state index is -0.974. The Morgan fingerprint density at radius 1 is 1.12 bits per heavy atom. The molecule has 3 heteroatoms. The van der Waals surface area contributed by atoms with Gasteiger partial charge in [-0.2, -0.15) is 0 Å². The Hall–Kier alpha value is -1.87. The third-order valence-corrected chi connectivity index (χ3v) is 2.75. The Labute approximate surface area is 99.3 Å². The second-order valence-electron chi connectivity index (χ2n) is 4.09. The Kier molecular flexibility index (Phi) is 3.40. The Morgan fingerprint density at radius 3 is 2.59 bits per heavy atom. The van der Waals surface area contributed by atoms with Crippen LogP contribution < -0.4 is 0 Å². The average Bonchev–Trinajstić information content (AvgIpc) is 2.28. The normalized spacial score (nSPS) is 12.5. The molecular formula is C14H14O3. The van der Waals surface area contributed by atoms with Crippen molar-refractivity contribution in [3.8, 4) is 0 Å². The van der Waals surface area contributed by atoms with E-state index in [0.717, 1.165) is 16.3 Å². The fraction of sp³-hybridized carbons (Fsp3) is 0.214. The van der Waals surface area contributed by atoms with E-state index in [1.807, 2.05) is 42.5 Å². The van der Waals surface area contributed by atoms with Crippen molar-refractivity contribution in [2.45, 2.75) is 18.9 Å². The first-order valence-corrected chi connectivity index (χ1v) is 5.53. The molecule has 0 amide bonds. The molecule has 17 heavy (non-hydrogen) atoms. The number of hydrogen-bond acceptors (Lipinski definition) is 2. The topological polar surface area (TPSA) is 57.5 Å². The van der Waals surface area contributed by atoms with E-state index in [0.29, 0.717) is 6.42 Å². The summed E-state index contributed by atoms with van der Waals surface area (Å²) in [6.07, 6.45) is -0.685. The molecule has 0 heterocycles. The van der Waals surface area contributed by atoms with Crippen molar-refractivity contribution in [1.82, 2.24) is 0 Å². The largest absolute Gasteiger partial charge is 0.481 e. The van der Waals surface area contributed by atoms with Crippen LogP contribution in [-0.4, -0.2) is 22.3 Å². The Morgan fingerprint density at radius 2 is 1.82 bits per heavy atom. The summed E-state index contributed by atoms with van der Waals surface area (Å²) >= 11 is 0. The molecule has 3 nitrogen and oxygen atoms in total. The summed E-state index contributed by atoms with van der Waals surface area (Å²) in [4.78, 5) is 10.5. The third kappa shape index (κ3) is 2.82. The molecule has 2 rings (SSSR count). The lowest BCUT2D eigenvalue weighted by Gasteiger charge is -2.10. The van der Waals surface area contributed by atoms with Gasteiger partial charge in [-0.15, -0.1) is 0 Å². The quantitative estimate of drug-likeness (QED) is 0.846. The monoisotopic (exact) mass is 230 g/mol. The van der Waals surface area contributed by atoms with E-state index in [4.69, 9.17) is 5.11 Å². The van der Waals surface area contributed by atoms with Gasteiger partial charge in [-0.3, -0.25) is 4.79 Å². The first-order chi connectivity index (χ1) is 8.16. The predicted molar refractivity (Wildman–Crippen MR) is 65.9 cm³/mol. The van der Waals surface area contributed by atoms with Crippen LogP contribution in [0.4, 0.5) is 0 Å². The van der Waals surface area contributed by atoms with E-state index in [2.05, 4.69) is 0 Å². The highest BCUT2D eigenvalue weighted by Gasteiger charge is 2.11. The molecule has 0 saturated carbocycles. The van der Waals surface area contributed by atoms with Crippen LogP contribution in [0.5, 0.6) is 0 Å². The number of aliphatic carboxylic acids is 1. The molecular weight excluding hydrogens is 216 g/mol. The zero-order valence-corrected chi connectivity index (χ0v) is 9.34. The molecule has 0 bridgehead atoms. The molecule has 0 aliphatic heterocycles. The Bertz CT molecular complexity index is 528. The molecule has 2 aromatic rings. The number of aliphatic hydroxyl groups is 1. The molecule has 0 aliphatic rings. The van der Waals surface area contributed by atoms with Gasteiger partial charge in [0.2, 0.25) is 0 Å². The lowest BCUT2D eigenvalue weighted by Crippen LogP contribution is -2.15. The summed E-state index contributed by atoms with van der Waals surface area (Å²) < 4.78 is 0. The molecule has 1 atom stereocenters. The SMILES string of the molecule is O=C(O)C[C@H](O)Cc1cccc2ccccc12. The van der Waals surface area contributed by atoms with Gasteiger partial charge in [0.1, 0.15) is 0 Å². The number of fused-ring (bicyclic) bond motifs is 1. The zero-order valence-electron chi connectivity index (χ0n) is 9.34. The van der Waals surface area contributed by atoms with Crippen molar-refractivity contribution < 1.29 is 15.0 Å². The highest BCUT2D eigenvalue weighted by Crippen LogP contribution is 2.20. The van der Waals surface area contributed by atoms with Crippen LogP contribution in [0.2, 0.25) is 0 Å². The molecule has 2 aromatic carbocycles. The standard InChI is InChI=1S/C14H14O3/c15-12(9-14(16)17)8-11-6-3-5-10-4-1-2-7-13(10)11/h1-7,12,15H,8-9H2,(H,16,17)/t12-/m1/s1. The van der Waals surface area contributed by atoms with Crippen molar-refractivity contribution >= 4 is 16.7 Å². The van der Waals surface area contributed by atoms with E-state index in [-0.39, 0.29) is 6.42 Å². The van der Waals surface area contributed by atoms with E-state index in [9.17, 15) is 9.90 Å². The average molecular weight is 230 g/mol. The maximum Gasteiger partial charge on any atom is 0.305 e. The van der Waals surface area contributed by atoms with E-state index >= 15 is 0 Å². The third-order valence-electron chi connectivity index (χ3n) is 2.75. The van der Waals surface area contributed by atoms with E-state index in [1.165, 1.54) is 0 Å². The number of carbonyl (C=O) groups is 1. The summed E-state index contributed by atoms with van der Waals surface area (Å²) in [6, 6.07) is 13.7. The molecule has 2 N–H and O–H groups in total. The molecule has 0 saturated heterocycles. The van der Waals surface area contributed by atoms with Gasteiger partial charge < -0.3 is 10.2 Å². The molecule has 0 unspecified atom stereocenters. The van der Waals surface area contributed by atoms with Gasteiger partial charge in [-0.05, 0) is 22.8 Å². The number of rotatable bonds is 4. The van der Waals surface area contributed by atoms with Gasteiger partial charge in [-0.1, -0.05) is 42.5 Å². The number of carboxylic acid groups (broad SMARTS) is 1. The minimum Gasteiger partial charge on any atom is -0.481 e. The van der Waals surface area contributed by atoms with Crippen molar-refractivity contribution in [2.24, 2.45) is 0 Å². The zero-order chi connectivity index (χ0) is 12.3. The second-order valence-corrected chi connectivity index (χ2v) is 4.09. The smallest absolute Gasteiger partial charge is 0.305 e. The number of aliphatic hydroxyl groups excluding tert-OH is 1. The van der Waals surface area contributed by atoms with Crippen molar-refractivity contribution in [3.63, 3.8) is 0 Å². The number of carboxylic acids is 1. The Balaban J connectivity index is 2.26. The van der Waals surface area contributed by atoms with Crippen LogP contribution in [0.1, 0.15) is 12.0 Å². The summed E-state index contributed by atoms with van der Waals surface area (Å²) in [6.45, 7) is 0. The van der Waals surface area contributed by atoms with Gasteiger partial charge in [0.15, 0.2) is 0 Å². The molecule has 0 aromatic heterocycles. The number of benzene rings is 2. The lowest BCUT2D eigenvalue weighted by atomic mass is 9.99. The minimum absolute atomic E-state index is 0.219. The molecule has 88 valence electrons. The van der Waals surface area contributed by atoms with Gasteiger partial charge in [-0.25, -0.2) is 0 Å². The van der Waals surface area contributed by atoms with Crippen LogP contribution >= 0.6 is 0 Å². The van der Waals surface area contributed by atoms with Gasteiger partial charge in [0.05, 0.1) is 12.5 Å². The summed E-state index contributed by atoms with van der Waals surface area (Å²) in [5, 5.41) is 20.4. The van der Waals surface area contributed by atoms with Crippen LogP contribution in [0.25, 0.3) is 10.8 Å². The second kappa shape index (κ2) is 4.97. The van der Waals surface area contributed by atoms with E-state index in [1.54, 1.807) is 0 Å². The fourth-order valence-corrected chi connectivity index (χ4v) is 2.00. The molecule has 0 fully saturated rings. The molecule has 0 spiro atoms. The summed E-state index contributed by atoms with van der Waals surface area (Å²) in [7, 11) is 0. The number of hydrogen-bond donors (Lipinski definition) is 2. The van der Waals surface area contributed by atoms with Crippen LogP contribution in [0.15, 0.2) is 42.5 Å². The maximum atomic E-state index is 10.5. The first-order valence-electron chi connectivity index (χ1n) is 5.53. The van der Waals surface area contributed by atoms with Gasteiger partial charge in [0, 0.05) is 0 Å². The van der Waals surface area contributed by atoms with Gasteiger partial charge >= 0.3 is 5.97 Å². The van der Waals surface area contributed by atoms with Crippen LogP contribution in [0, 0.1) is 0 Å². The van der Waals surface area contributed by atoms with Crippen molar-refractivity contribution in [1.29, 1.82) is 0 Å². The predicted octanol–water partition coefficient (Wildman–Crippen LogP) is 2.22. The van der Waals surface area contributed by atoms with Crippen LogP contribution in [-0.2, 0) is 11.2 Å². The first kappa shape index (κ1) is 11.6. The lowest BCUT2D eigenvalue weighted by molar-refractivity contribution is -0.139.